The topological polar surface area (TPSA) is 70.2 Å². The van der Waals surface area contributed by atoms with Gasteiger partial charge in [0.15, 0.2) is 0 Å². The summed E-state index contributed by atoms with van der Waals surface area (Å²) in [6.07, 6.45) is 3.59. The smallest absolute Gasteiger partial charge is 0.251 e. The Morgan fingerprint density at radius 3 is 2.95 bits per heavy atom. The van der Waals surface area contributed by atoms with Crippen LogP contribution in [0.4, 0.5) is 5.69 Å². The van der Waals surface area contributed by atoms with Crippen molar-refractivity contribution >= 4 is 17.5 Å². The second-order valence-corrected chi connectivity index (χ2v) is 5.89. The molecule has 1 heterocycles. The molecule has 0 bridgehead atoms. The molecule has 0 aromatic heterocycles. The number of anilines is 1. The fourth-order valence-electron chi connectivity index (χ4n) is 3.58. The van der Waals surface area contributed by atoms with E-state index in [4.69, 9.17) is 0 Å². The first-order valence-electron chi connectivity index (χ1n) is 7.55. The van der Waals surface area contributed by atoms with Crippen LogP contribution in [0.2, 0.25) is 0 Å². The fourth-order valence-corrected chi connectivity index (χ4v) is 3.58. The third-order valence-electron chi connectivity index (χ3n) is 4.65. The van der Waals surface area contributed by atoms with E-state index in [0.717, 1.165) is 13.0 Å². The minimum atomic E-state index is -0.152. The maximum atomic E-state index is 12.4. The highest BCUT2D eigenvalue weighted by Crippen LogP contribution is 2.37. The first-order valence-corrected chi connectivity index (χ1v) is 7.55. The lowest BCUT2D eigenvalue weighted by Gasteiger charge is -2.18. The van der Waals surface area contributed by atoms with Crippen molar-refractivity contribution in [3.8, 4) is 0 Å². The number of benzene rings is 1. The molecule has 1 aromatic rings. The molecule has 5 nitrogen and oxygen atoms in total. The molecule has 1 aliphatic heterocycles. The molecule has 1 saturated heterocycles. The molecule has 112 valence electrons. The van der Waals surface area contributed by atoms with Crippen LogP contribution < -0.4 is 16.0 Å². The number of nitrogens with one attached hydrogen (secondary N) is 3. The summed E-state index contributed by atoms with van der Waals surface area (Å²) >= 11 is 0. The Morgan fingerprint density at radius 1 is 1.29 bits per heavy atom. The lowest BCUT2D eigenvalue weighted by atomic mass is 9.93. The summed E-state index contributed by atoms with van der Waals surface area (Å²) in [5.41, 5.74) is 1.22. The molecule has 1 saturated carbocycles. The van der Waals surface area contributed by atoms with Crippen molar-refractivity contribution in [2.24, 2.45) is 11.8 Å². The predicted octanol–water partition coefficient (Wildman–Crippen LogP) is 1.37. The standard InChI is InChI=1S/C16H21N3O2/c1-17-15(20)10-4-2-6-12(8-10)19-16(21)14-13-7-3-5-11(13)9-18-14/h2,4,6,8,11,13-14,18H,3,5,7,9H2,1H3,(H,17,20)(H,19,21). The van der Waals surface area contributed by atoms with E-state index in [-0.39, 0.29) is 17.9 Å². The Hall–Kier alpha value is -1.88. The highest BCUT2D eigenvalue weighted by Gasteiger charge is 2.42. The summed E-state index contributed by atoms with van der Waals surface area (Å²) in [5.74, 6) is 0.976. The number of carbonyl (C=O) groups is 2. The quantitative estimate of drug-likeness (QED) is 0.786. The third-order valence-corrected chi connectivity index (χ3v) is 4.65. The summed E-state index contributed by atoms with van der Waals surface area (Å²) < 4.78 is 0. The lowest BCUT2D eigenvalue weighted by Crippen LogP contribution is -2.39. The maximum absolute atomic E-state index is 12.4. The second kappa shape index (κ2) is 5.85. The van der Waals surface area contributed by atoms with Gasteiger partial charge in [-0.1, -0.05) is 12.5 Å². The predicted molar refractivity (Wildman–Crippen MR) is 81.1 cm³/mol. The number of amides is 2. The van der Waals surface area contributed by atoms with Crippen molar-refractivity contribution in [3.05, 3.63) is 29.8 Å². The number of rotatable bonds is 3. The van der Waals surface area contributed by atoms with Crippen molar-refractivity contribution in [1.29, 1.82) is 0 Å². The van der Waals surface area contributed by atoms with Crippen LogP contribution in [0, 0.1) is 11.8 Å². The van der Waals surface area contributed by atoms with E-state index in [0.29, 0.717) is 23.1 Å². The van der Waals surface area contributed by atoms with E-state index in [1.165, 1.54) is 12.8 Å². The molecule has 0 radical (unpaired) electrons. The molecule has 2 amide bonds. The first kappa shape index (κ1) is 14.1. The van der Waals surface area contributed by atoms with Crippen LogP contribution in [0.1, 0.15) is 29.6 Å². The van der Waals surface area contributed by atoms with E-state index in [2.05, 4.69) is 16.0 Å². The molecule has 5 heteroatoms. The Labute approximate surface area is 124 Å². The zero-order valence-corrected chi connectivity index (χ0v) is 12.2. The van der Waals surface area contributed by atoms with Crippen LogP contribution in [-0.2, 0) is 4.79 Å². The van der Waals surface area contributed by atoms with Gasteiger partial charge in [-0.2, -0.15) is 0 Å². The molecule has 0 spiro atoms. The largest absolute Gasteiger partial charge is 0.355 e. The van der Waals surface area contributed by atoms with Gasteiger partial charge in [0.1, 0.15) is 0 Å². The van der Waals surface area contributed by atoms with Crippen molar-refractivity contribution < 1.29 is 9.59 Å². The lowest BCUT2D eigenvalue weighted by molar-refractivity contribution is -0.118. The third kappa shape index (κ3) is 2.78. The molecule has 21 heavy (non-hydrogen) atoms. The second-order valence-electron chi connectivity index (χ2n) is 5.89. The van der Waals surface area contributed by atoms with Crippen molar-refractivity contribution in [2.75, 3.05) is 18.9 Å². The van der Waals surface area contributed by atoms with Crippen LogP contribution in [-0.4, -0.2) is 31.4 Å². The van der Waals surface area contributed by atoms with Crippen molar-refractivity contribution in [1.82, 2.24) is 10.6 Å². The zero-order chi connectivity index (χ0) is 14.8. The molecule has 2 fully saturated rings. The van der Waals surface area contributed by atoms with E-state index in [1.807, 2.05) is 6.07 Å². The van der Waals surface area contributed by atoms with Gasteiger partial charge in [0.2, 0.25) is 5.91 Å². The highest BCUT2D eigenvalue weighted by molar-refractivity contribution is 5.98. The van der Waals surface area contributed by atoms with Crippen molar-refractivity contribution in [3.63, 3.8) is 0 Å². The van der Waals surface area contributed by atoms with Gasteiger partial charge in [-0.3, -0.25) is 9.59 Å². The Bertz CT molecular complexity index is 558. The van der Waals surface area contributed by atoms with Gasteiger partial charge in [0.25, 0.3) is 5.91 Å². The highest BCUT2D eigenvalue weighted by atomic mass is 16.2. The summed E-state index contributed by atoms with van der Waals surface area (Å²) in [4.78, 5) is 24.1. The average molecular weight is 287 g/mol. The van der Waals surface area contributed by atoms with Crippen molar-refractivity contribution in [2.45, 2.75) is 25.3 Å². The fraction of sp³-hybridized carbons (Fsp3) is 0.500. The molecule has 1 aliphatic carbocycles. The summed E-state index contributed by atoms with van der Waals surface area (Å²) in [5, 5.41) is 8.85. The van der Waals surface area contributed by atoms with Gasteiger partial charge in [-0.15, -0.1) is 0 Å². The van der Waals surface area contributed by atoms with Gasteiger partial charge < -0.3 is 16.0 Å². The van der Waals surface area contributed by atoms with Gasteiger partial charge in [0, 0.05) is 18.3 Å². The Balaban J connectivity index is 1.69. The number of carbonyl (C=O) groups excluding carboxylic acids is 2. The summed E-state index contributed by atoms with van der Waals surface area (Å²) in [6.45, 7) is 0.945. The normalized spacial score (nSPS) is 27.2. The monoisotopic (exact) mass is 287 g/mol. The Morgan fingerprint density at radius 2 is 2.14 bits per heavy atom. The minimum Gasteiger partial charge on any atom is -0.355 e. The van der Waals surface area contributed by atoms with Gasteiger partial charge in [0.05, 0.1) is 6.04 Å². The minimum absolute atomic E-state index is 0.0125. The average Bonchev–Trinajstić information content (AvgIpc) is 3.09. The van der Waals surface area contributed by atoms with E-state index in [1.54, 1.807) is 25.2 Å². The first-order chi connectivity index (χ1) is 10.2. The number of hydrogen-bond donors (Lipinski definition) is 3. The zero-order valence-electron chi connectivity index (χ0n) is 12.2. The van der Waals surface area contributed by atoms with Gasteiger partial charge in [-0.25, -0.2) is 0 Å². The molecule has 2 aliphatic rings. The van der Waals surface area contributed by atoms with Crippen LogP contribution in [0.3, 0.4) is 0 Å². The van der Waals surface area contributed by atoms with E-state index >= 15 is 0 Å². The van der Waals surface area contributed by atoms with Crippen LogP contribution >= 0.6 is 0 Å². The Kier molecular flexibility index (Phi) is 3.92. The van der Waals surface area contributed by atoms with Crippen LogP contribution in [0.25, 0.3) is 0 Å². The maximum Gasteiger partial charge on any atom is 0.251 e. The van der Waals surface area contributed by atoms with Gasteiger partial charge in [-0.05, 0) is 49.4 Å². The summed E-state index contributed by atoms with van der Waals surface area (Å²) in [7, 11) is 1.59. The summed E-state index contributed by atoms with van der Waals surface area (Å²) in [6, 6.07) is 6.93. The molecule has 3 unspecified atom stereocenters. The van der Waals surface area contributed by atoms with Gasteiger partial charge >= 0.3 is 0 Å². The molecular formula is C16H21N3O2. The van der Waals surface area contributed by atoms with Crippen LogP contribution in [0.15, 0.2) is 24.3 Å². The van der Waals surface area contributed by atoms with E-state index in [9.17, 15) is 9.59 Å². The molecular weight excluding hydrogens is 266 g/mol. The molecule has 3 atom stereocenters. The molecule has 3 N–H and O–H groups in total. The van der Waals surface area contributed by atoms with Crippen LogP contribution in [0.5, 0.6) is 0 Å². The van der Waals surface area contributed by atoms with E-state index < -0.39 is 0 Å². The molecule has 3 rings (SSSR count). The number of fused-ring (bicyclic) bond motifs is 1. The molecule has 1 aromatic carbocycles. The number of hydrogen-bond acceptors (Lipinski definition) is 3. The SMILES string of the molecule is CNC(=O)c1cccc(NC(=O)C2NCC3CCCC32)c1.